The number of aliphatic hydroxyl groups is 4. The van der Waals surface area contributed by atoms with Crippen molar-refractivity contribution in [2.75, 3.05) is 19.8 Å². The van der Waals surface area contributed by atoms with Gasteiger partial charge in [0, 0.05) is 5.92 Å². The monoisotopic (exact) mass is 1140 g/mol. The molecule has 436 valence electrons. The summed E-state index contributed by atoms with van der Waals surface area (Å²) in [6.07, 6.45) is -33.0. The van der Waals surface area contributed by atoms with E-state index in [4.69, 9.17) is 10.2 Å². The van der Waals surface area contributed by atoms with E-state index in [1.54, 1.807) is 0 Å². The molecule has 3 saturated heterocycles. The molecule has 12 unspecified atom stereocenters. The Morgan fingerprint density at radius 1 is 0.527 bits per heavy atom. The van der Waals surface area contributed by atoms with Crippen LogP contribution in [0.2, 0.25) is 0 Å². The third-order valence-electron chi connectivity index (χ3n) is 14.9. The fourth-order valence-corrected chi connectivity index (χ4v) is 8.80. The predicted octanol–water partition coefficient (Wildman–Crippen LogP) is 9.81. The van der Waals surface area contributed by atoms with Crippen LogP contribution in [0.3, 0.4) is 0 Å². The number of alkyl halides is 23. The molecule has 0 amide bonds. The molecule has 5 fully saturated rings. The number of carbonyl (C=O) groups is 2. The molecule has 2 bridgehead atoms. The minimum Gasteiger partial charge on any atom is -0.442 e. The Morgan fingerprint density at radius 3 is 1.19 bits per heavy atom. The number of hydrogen-bond acceptors (Lipinski definition) is 11. The van der Waals surface area contributed by atoms with Gasteiger partial charge in [-0.25, -0.2) is 0 Å². The van der Waals surface area contributed by atoms with Gasteiger partial charge in [-0.2, -0.15) is 101 Å². The molecule has 12 atom stereocenters. The number of rotatable bonds is 8. The maximum atomic E-state index is 14.3. The van der Waals surface area contributed by atoms with E-state index in [0.29, 0.717) is 18.3 Å². The van der Waals surface area contributed by atoms with Crippen LogP contribution in [0.1, 0.15) is 81.1 Å². The first-order valence-electron chi connectivity index (χ1n) is 21.5. The molecule has 2 saturated carbocycles. The van der Waals surface area contributed by atoms with Gasteiger partial charge in [-0.1, -0.05) is 27.7 Å². The average molecular weight is 1140 g/mol. The van der Waals surface area contributed by atoms with Crippen LogP contribution in [0.5, 0.6) is 0 Å². The summed E-state index contributed by atoms with van der Waals surface area (Å²) in [6.45, 7) is 4.70. The molecule has 0 radical (unpaired) electrons. The summed E-state index contributed by atoms with van der Waals surface area (Å²) in [4.78, 5) is 23.7. The lowest BCUT2D eigenvalue weighted by Crippen LogP contribution is -2.73. The molecule has 0 aromatic rings. The van der Waals surface area contributed by atoms with Crippen molar-refractivity contribution in [1.29, 1.82) is 0 Å². The minimum absolute atomic E-state index is 0.103. The Morgan fingerprint density at radius 2 is 0.878 bits per heavy atom. The summed E-state index contributed by atoms with van der Waals surface area (Å²) in [5.41, 5.74) is -14.1. The van der Waals surface area contributed by atoms with Crippen LogP contribution in [-0.2, 0) is 33.3 Å². The number of carbonyl (C=O) groups excluding carboxylic acids is 2. The summed E-state index contributed by atoms with van der Waals surface area (Å²) < 4.78 is 324. The molecule has 0 aromatic heterocycles. The number of aliphatic hydroxyl groups excluding tert-OH is 1. The number of hydrogen-bond donors (Lipinski definition) is 4. The van der Waals surface area contributed by atoms with Gasteiger partial charge in [0.15, 0.2) is 0 Å². The second-order valence-corrected chi connectivity index (χ2v) is 19.9. The van der Waals surface area contributed by atoms with E-state index in [1.807, 2.05) is 6.92 Å². The molecule has 0 spiro atoms. The normalized spacial score (nSPS) is 37.4. The second-order valence-electron chi connectivity index (χ2n) is 19.9. The van der Waals surface area contributed by atoms with Crippen molar-refractivity contribution in [3.05, 3.63) is 0 Å². The van der Waals surface area contributed by atoms with Crippen molar-refractivity contribution in [2.45, 2.75) is 170 Å². The Hall–Kier alpha value is -2.95. The molecule has 5 aliphatic rings. The molecular formula is C40H49F23O11. The van der Waals surface area contributed by atoms with Crippen LogP contribution in [0.25, 0.3) is 0 Å². The fourth-order valence-electron chi connectivity index (χ4n) is 8.80. The maximum Gasteiger partial charge on any atom is 0.458 e. The molecule has 2 aliphatic carbocycles. The van der Waals surface area contributed by atoms with E-state index in [-0.39, 0.29) is 30.6 Å². The second kappa shape index (κ2) is 19.2. The molecular weight excluding hydrogens is 1090 g/mol. The summed E-state index contributed by atoms with van der Waals surface area (Å²) in [5, 5.41) is 37.4. The predicted molar refractivity (Wildman–Crippen MR) is 196 cm³/mol. The minimum atomic E-state index is -6.87. The van der Waals surface area contributed by atoms with Crippen molar-refractivity contribution in [2.24, 2.45) is 46.3 Å². The first-order valence-corrected chi connectivity index (χ1v) is 21.5. The van der Waals surface area contributed by atoms with E-state index in [9.17, 15) is 121 Å². The molecule has 74 heavy (non-hydrogen) atoms. The molecule has 3 heterocycles. The van der Waals surface area contributed by atoms with Crippen LogP contribution in [-0.4, -0.2) is 141 Å². The third-order valence-corrected chi connectivity index (χ3v) is 14.9. The summed E-state index contributed by atoms with van der Waals surface area (Å²) >= 11 is 0. The summed E-state index contributed by atoms with van der Waals surface area (Å²) in [7, 11) is 0. The smallest absolute Gasteiger partial charge is 0.442 e. The molecule has 4 N–H and O–H groups in total. The van der Waals surface area contributed by atoms with Crippen LogP contribution >= 0.6 is 0 Å². The van der Waals surface area contributed by atoms with Gasteiger partial charge in [0.05, 0.1) is 17.4 Å². The van der Waals surface area contributed by atoms with Crippen LogP contribution in [0.15, 0.2) is 0 Å². The van der Waals surface area contributed by atoms with Crippen molar-refractivity contribution in [3.8, 4) is 0 Å². The number of esters is 2. The van der Waals surface area contributed by atoms with Gasteiger partial charge in [-0.05, 0) is 83.0 Å². The largest absolute Gasteiger partial charge is 0.458 e. The van der Waals surface area contributed by atoms with E-state index in [1.165, 1.54) is 13.8 Å². The van der Waals surface area contributed by atoms with Gasteiger partial charge in [0.2, 0.25) is 0 Å². The van der Waals surface area contributed by atoms with Crippen LogP contribution in [0, 0.1) is 46.3 Å². The number of halogens is 23. The zero-order chi connectivity index (χ0) is 58.7. The summed E-state index contributed by atoms with van der Waals surface area (Å²) in [6, 6.07) is 0. The van der Waals surface area contributed by atoms with E-state index in [2.05, 4.69) is 30.6 Å². The van der Waals surface area contributed by atoms with Gasteiger partial charge >= 0.3 is 83.9 Å². The number of fused-ring (bicyclic) bond motifs is 2. The molecule has 11 nitrogen and oxygen atoms in total. The fraction of sp³-hybridized carbons (Fsp3) is 0.950. The lowest BCUT2D eigenvalue weighted by Gasteiger charge is -2.49. The van der Waals surface area contributed by atoms with Gasteiger partial charge in [0.1, 0.15) is 19.3 Å². The topological polar surface area (TPSA) is 161 Å². The third kappa shape index (κ3) is 9.65. The highest BCUT2D eigenvalue weighted by molar-refractivity contribution is 5.77. The van der Waals surface area contributed by atoms with Crippen LogP contribution < -0.4 is 0 Å². The van der Waals surface area contributed by atoms with Crippen molar-refractivity contribution >= 4 is 11.9 Å². The lowest BCUT2D eigenvalue weighted by atomic mass is 9.68. The quantitative estimate of drug-likeness (QED) is 0.135. The van der Waals surface area contributed by atoms with Crippen molar-refractivity contribution in [3.63, 3.8) is 0 Å². The molecule has 5 rings (SSSR count). The van der Waals surface area contributed by atoms with Gasteiger partial charge in [0.25, 0.3) is 11.2 Å². The standard InChI is InChI=1S/C15H21F5O3.C13H14F10O4.C12H14F8O4/c1-6-7(2)9-3-8(6)4-10(9)11-5-23-14(22,15(18,19)20)13(16,17)12(11)21;1-4-7(2,3)6(24)27-8(10(16,17)12(18,19)20)5-26-11(25,9(8,14)15)13(21,22)23;1-4-7(2,3)6(21)24-8(11(15,16)17)5-23-10(22,9(8,13)14)12(18,19)20/h6-12,21-22H,3-5H2,1-2H3;25H,4-5H2,1-3H3;22H,4-5H2,1-3H3. The molecule has 34 heteroatoms. The Labute approximate surface area is 403 Å². The number of ether oxygens (including phenoxy) is 5. The highest BCUT2D eigenvalue weighted by Gasteiger charge is 2.94. The van der Waals surface area contributed by atoms with E-state index in [0.717, 1.165) is 34.1 Å². The zero-order valence-corrected chi connectivity index (χ0v) is 39.3. The van der Waals surface area contributed by atoms with Crippen LogP contribution in [0.4, 0.5) is 101 Å². The van der Waals surface area contributed by atoms with E-state index >= 15 is 0 Å². The lowest BCUT2D eigenvalue weighted by molar-refractivity contribution is -0.465. The van der Waals surface area contributed by atoms with Gasteiger partial charge in [-0.15, -0.1) is 0 Å². The average Bonchev–Trinajstić information content (AvgIpc) is 3.90. The highest BCUT2D eigenvalue weighted by atomic mass is 19.4. The zero-order valence-electron chi connectivity index (χ0n) is 39.3. The Bertz CT molecular complexity index is 2040. The SMILES string of the molecule is CC1C2CC(C1C)C(C1COC(O)(C(F)(F)F)C(F)(F)C1O)C2.CCC(C)(C)C(=O)OC1(C(F)(F)C(F)(F)F)COC(O)(C(F)(F)F)C1(F)F.CCC(C)(C)C(=O)OC1(C(F)(F)F)COC(O)(C(F)(F)F)C1(F)F. The Balaban J connectivity index is 0.000000293. The van der Waals surface area contributed by atoms with Gasteiger partial charge < -0.3 is 44.1 Å². The van der Waals surface area contributed by atoms with Gasteiger partial charge in [-0.3, -0.25) is 9.59 Å². The first kappa shape index (κ1) is 65.3. The highest BCUT2D eigenvalue weighted by Crippen LogP contribution is 2.64. The van der Waals surface area contributed by atoms with E-state index < -0.39 is 138 Å². The van der Waals surface area contributed by atoms with Crippen molar-refractivity contribution in [1.82, 2.24) is 0 Å². The molecule has 0 aromatic carbocycles. The maximum absolute atomic E-state index is 14.3. The first-order chi connectivity index (χ1) is 32.5. The Kier molecular flexibility index (Phi) is 16.9. The molecule has 3 aliphatic heterocycles. The summed E-state index contributed by atoms with van der Waals surface area (Å²) in [5.74, 6) is -43.9. The van der Waals surface area contributed by atoms with Crippen molar-refractivity contribution < 1.29 is 155 Å².